The fourth-order valence-electron chi connectivity index (χ4n) is 2.22. The number of hydrogen-bond acceptors (Lipinski definition) is 2. The second-order valence-electron chi connectivity index (χ2n) is 6.12. The molecule has 0 amide bonds. The second kappa shape index (κ2) is 7.10. The molecule has 21 heavy (non-hydrogen) atoms. The third-order valence-corrected chi connectivity index (χ3v) is 3.75. The highest BCUT2D eigenvalue weighted by Gasteiger charge is 2.11. The Hall–Kier alpha value is -1.32. The van der Waals surface area contributed by atoms with Crippen molar-refractivity contribution in [2.24, 2.45) is 11.8 Å². The lowest BCUT2D eigenvalue weighted by atomic mass is 10.0. The first-order chi connectivity index (χ1) is 9.99. The molecule has 0 saturated carbocycles. The van der Waals surface area contributed by atoms with Crippen LogP contribution in [0.3, 0.4) is 0 Å². The van der Waals surface area contributed by atoms with Gasteiger partial charge in [0, 0.05) is 12.7 Å². The lowest BCUT2D eigenvalue weighted by molar-refractivity contribution is 0.558. The summed E-state index contributed by atoms with van der Waals surface area (Å²) in [4.78, 5) is 4.40. The van der Waals surface area contributed by atoms with Gasteiger partial charge in [-0.1, -0.05) is 50.9 Å². The van der Waals surface area contributed by atoms with E-state index in [-0.39, 0.29) is 0 Å². The van der Waals surface area contributed by atoms with Crippen molar-refractivity contribution < 1.29 is 0 Å². The van der Waals surface area contributed by atoms with Crippen molar-refractivity contribution >= 4 is 23.3 Å². The van der Waals surface area contributed by atoms with E-state index in [0.29, 0.717) is 17.0 Å². The first-order valence-corrected chi connectivity index (χ1v) is 7.90. The van der Waals surface area contributed by atoms with E-state index in [1.165, 1.54) is 5.57 Å². The number of halogens is 1. The van der Waals surface area contributed by atoms with Crippen LogP contribution in [0.4, 0.5) is 0 Å². The Morgan fingerprint density at radius 2 is 2.10 bits per heavy atom. The van der Waals surface area contributed by atoms with E-state index in [4.69, 9.17) is 11.6 Å². The van der Waals surface area contributed by atoms with Gasteiger partial charge in [0.05, 0.1) is 5.69 Å². The van der Waals surface area contributed by atoms with Gasteiger partial charge >= 0.3 is 0 Å². The fourth-order valence-corrected chi connectivity index (χ4v) is 2.45. The summed E-state index contributed by atoms with van der Waals surface area (Å²) >= 11 is 6.30. The largest absolute Gasteiger partial charge is 0.313 e. The zero-order chi connectivity index (χ0) is 15.4. The predicted octanol–water partition coefficient (Wildman–Crippen LogP) is 4.27. The van der Waals surface area contributed by atoms with Gasteiger partial charge in [-0.2, -0.15) is 0 Å². The highest BCUT2D eigenvalue weighted by molar-refractivity contribution is 6.31. The van der Waals surface area contributed by atoms with Gasteiger partial charge in [0.15, 0.2) is 5.15 Å². The normalized spacial score (nSPS) is 12.8. The summed E-state index contributed by atoms with van der Waals surface area (Å²) in [5.74, 6) is 1.12. The molecule has 2 aromatic heterocycles. The lowest BCUT2D eigenvalue weighted by Crippen LogP contribution is -2.23. The summed E-state index contributed by atoms with van der Waals surface area (Å²) in [5.41, 5.74) is 3.18. The van der Waals surface area contributed by atoms with Gasteiger partial charge in [-0.3, -0.25) is 4.40 Å². The van der Waals surface area contributed by atoms with Crippen molar-refractivity contribution in [1.82, 2.24) is 14.7 Å². The van der Waals surface area contributed by atoms with Crippen LogP contribution >= 0.6 is 11.6 Å². The minimum absolute atomic E-state index is 0.468. The standard InChI is InChI=1S/C17H24ClN3/c1-12(2)10-19-11-14(13(3)4)9-15-17(18)20-16-7-5-6-8-21(15)16/h5-9,12-13,19H,10-11H2,1-4H3. The molecule has 0 aromatic carbocycles. The first kappa shape index (κ1) is 16.1. The molecular formula is C17H24ClN3. The van der Waals surface area contributed by atoms with Gasteiger partial charge in [-0.15, -0.1) is 0 Å². The average molecular weight is 306 g/mol. The molecule has 0 aliphatic carbocycles. The third-order valence-electron chi connectivity index (χ3n) is 3.47. The quantitative estimate of drug-likeness (QED) is 0.863. The molecule has 0 fully saturated rings. The summed E-state index contributed by atoms with van der Waals surface area (Å²) in [6, 6.07) is 5.93. The number of pyridine rings is 1. The topological polar surface area (TPSA) is 29.3 Å². The van der Waals surface area contributed by atoms with Gasteiger partial charge in [0.1, 0.15) is 5.65 Å². The third kappa shape index (κ3) is 4.08. The molecule has 0 spiro atoms. The molecule has 0 bridgehead atoms. The van der Waals surface area contributed by atoms with Gasteiger partial charge in [-0.05, 0) is 36.6 Å². The lowest BCUT2D eigenvalue weighted by Gasteiger charge is -2.14. The highest BCUT2D eigenvalue weighted by atomic mass is 35.5. The zero-order valence-electron chi connectivity index (χ0n) is 13.2. The molecule has 2 rings (SSSR count). The van der Waals surface area contributed by atoms with Crippen LogP contribution in [0.25, 0.3) is 11.7 Å². The molecule has 4 heteroatoms. The molecule has 0 unspecified atom stereocenters. The number of hydrogen-bond donors (Lipinski definition) is 1. The van der Waals surface area contributed by atoms with Gasteiger partial charge in [-0.25, -0.2) is 4.98 Å². The van der Waals surface area contributed by atoms with Crippen LogP contribution in [0.1, 0.15) is 33.4 Å². The summed E-state index contributed by atoms with van der Waals surface area (Å²) in [5, 5.41) is 4.06. The van der Waals surface area contributed by atoms with Crippen molar-refractivity contribution in [3.8, 4) is 0 Å². The maximum atomic E-state index is 6.30. The molecule has 0 aliphatic rings. The van der Waals surface area contributed by atoms with Gasteiger partial charge < -0.3 is 5.32 Å². The van der Waals surface area contributed by atoms with Gasteiger partial charge in [0.25, 0.3) is 0 Å². The van der Waals surface area contributed by atoms with Crippen LogP contribution in [-0.2, 0) is 0 Å². The zero-order valence-corrected chi connectivity index (χ0v) is 14.0. The van der Waals surface area contributed by atoms with Crippen molar-refractivity contribution in [3.63, 3.8) is 0 Å². The number of nitrogens with zero attached hydrogens (tertiary/aromatic N) is 2. The second-order valence-corrected chi connectivity index (χ2v) is 6.47. The Bertz CT molecular complexity index is 626. The number of imidazole rings is 1. The van der Waals surface area contributed by atoms with E-state index in [9.17, 15) is 0 Å². The molecule has 0 radical (unpaired) electrons. The molecular weight excluding hydrogens is 282 g/mol. The molecule has 3 nitrogen and oxygen atoms in total. The summed E-state index contributed by atoms with van der Waals surface area (Å²) in [7, 11) is 0. The Balaban J connectivity index is 2.29. The van der Waals surface area contributed by atoms with Crippen molar-refractivity contribution in [1.29, 1.82) is 0 Å². The summed E-state index contributed by atoms with van der Waals surface area (Å²) in [6.07, 6.45) is 4.17. The SMILES string of the molecule is CC(C)CNCC(=Cc1c(Cl)nc2ccccn12)C(C)C. The fraction of sp³-hybridized carbons (Fsp3) is 0.471. The number of rotatable bonds is 6. The summed E-state index contributed by atoms with van der Waals surface area (Å²) < 4.78 is 2.03. The molecule has 0 atom stereocenters. The average Bonchev–Trinajstić information content (AvgIpc) is 2.73. The molecule has 0 saturated heterocycles. The van der Waals surface area contributed by atoms with Crippen LogP contribution in [-0.4, -0.2) is 22.5 Å². The number of nitrogens with one attached hydrogen (secondary N) is 1. The van der Waals surface area contributed by atoms with E-state index >= 15 is 0 Å². The van der Waals surface area contributed by atoms with Crippen LogP contribution in [0.15, 0.2) is 30.0 Å². The van der Waals surface area contributed by atoms with Crippen molar-refractivity contribution in [2.75, 3.05) is 13.1 Å². The molecule has 2 heterocycles. The van der Waals surface area contributed by atoms with E-state index in [2.05, 4.69) is 44.1 Å². The van der Waals surface area contributed by atoms with Crippen molar-refractivity contribution in [2.45, 2.75) is 27.7 Å². The predicted molar refractivity (Wildman–Crippen MR) is 90.7 cm³/mol. The molecule has 0 aliphatic heterocycles. The Morgan fingerprint density at radius 1 is 1.33 bits per heavy atom. The van der Waals surface area contributed by atoms with Crippen LogP contribution < -0.4 is 5.32 Å². The number of aromatic nitrogens is 2. The van der Waals surface area contributed by atoms with Crippen molar-refractivity contribution in [3.05, 3.63) is 40.8 Å². The Kier molecular flexibility index (Phi) is 5.43. The summed E-state index contributed by atoms with van der Waals surface area (Å²) in [6.45, 7) is 10.7. The Labute approximate surface area is 132 Å². The minimum atomic E-state index is 0.468. The van der Waals surface area contributed by atoms with Crippen LogP contribution in [0.2, 0.25) is 5.15 Å². The first-order valence-electron chi connectivity index (χ1n) is 7.52. The maximum absolute atomic E-state index is 6.30. The van der Waals surface area contributed by atoms with Crippen LogP contribution in [0, 0.1) is 11.8 Å². The van der Waals surface area contributed by atoms with E-state index in [1.807, 2.05) is 28.8 Å². The molecule has 114 valence electrons. The highest BCUT2D eigenvalue weighted by Crippen LogP contribution is 2.22. The monoisotopic (exact) mass is 305 g/mol. The maximum Gasteiger partial charge on any atom is 0.155 e. The minimum Gasteiger partial charge on any atom is -0.313 e. The molecule has 1 N–H and O–H groups in total. The van der Waals surface area contributed by atoms with Gasteiger partial charge in [0.2, 0.25) is 0 Å². The van der Waals surface area contributed by atoms with Crippen LogP contribution in [0.5, 0.6) is 0 Å². The van der Waals surface area contributed by atoms with E-state index in [0.717, 1.165) is 24.4 Å². The Morgan fingerprint density at radius 3 is 2.76 bits per heavy atom. The smallest absolute Gasteiger partial charge is 0.155 e. The van der Waals surface area contributed by atoms with E-state index < -0.39 is 0 Å². The van der Waals surface area contributed by atoms with E-state index in [1.54, 1.807) is 0 Å². The number of fused-ring (bicyclic) bond motifs is 1. The molecule has 2 aromatic rings.